The SMILES string of the molecule is CC(C)(C)C(=O)[O-].CC(C)(C)c1ccc(CN2C(=O)C(c3ccccc3)(c3ccccc3)[NH+]=C2N)cc1C(=O)N1Cc2nccnc2C1. The molecule has 10 nitrogen and oxygen atoms in total. The number of nitrogens with zero attached hydrogens (tertiary/aromatic N) is 4. The zero-order valence-corrected chi connectivity index (χ0v) is 28.3. The van der Waals surface area contributed by atoms with E-state index in [1.165, 1.54) is 0 Å². The molecule has 0 unspecified atom stereocenters. The van der Waals surface area contributed by atoms with Gasteiger partial charge in [-0.2, -0.15) is 4.90 Å². The maximum Gasteiger partial charge on any atom is 0.352 e. The van der Waals surface area contributed by atoms with Gasteiger partial charge in [-0.3, -0.25) is 30.3 Å². The van der Waals surface area contributed by atoms with Crippen molar-refractivity contribution < 1.29 is 24.5 Å². The Hall–Kier alpha value is -5.38. The highest BCUT2D eigenvalue weighted by atomic mass is 16.4. The molecule has 3 aromatic carbocycles. The van der Waals surface area contributed by atoms with Gasteiger partial charge in [-0.15, -0.1) is 0 Å². The van der Waals surface area contributed by atoms with Crippen LogP contribution in [0.15, 0.2) is 91.3 Å². The van der Waals surface area contributed by atoms with Crippen molar-refractivity contribution in [1.82, 2.24) is 19.8 Å². The van der Waals surface area contributed by atoms with Crippen molar-refractivity contribution in [3.8, 4) is 0 Å². The van der Waals surface area contributed by atoms with Crippen molar-refractivity contribution in [2.45, 2.75) is 72.1 Å². The van der Waals surface area contributed by atoms with Crippen LogP contribution in [0.3, 0.4) is 0 Å². The Kier molecular flexibility index (Phi) is 9.22. The summed E-state index contributed by atoms with van der Waals surface area (Å²) < 4.78 is 0. The van der Waals surface area contributed by atoms with Crippen LogP contribution in [-0.2, 0) is 40.2 Å². The number of guanidine groups is 1. The average Bonchev–Trinajstić information content (AvgIpc) is 3.60. The highest BCUT2D eigenvalue weighted by Gasteiger charge is 2.55. The molecule has 6 rings (SSSR count). The van der Waals surface area contributed by atoms with Crippen LogP contribution in [0, 0.1) is 5.41 Å². The third-order valence-electron chi connectivity index (χ3n) is 8.49. The summed E-state index contributed by atoms with van der Waals surface area (Å²) in [7, 11) is 0. The fraction of sp³-hybridized carbons (Fsp3) is 0.316. The molecule has 3 heterocycles. The molecular weight excluding hydrogens is 604 g/mol. The Labute approximate surface area is 281 Å². The minimum Gasteiger partial charge on any atom is -0.550 e. The first-order valence-electron chi connectivity index (χ1n) is 15.9. The molecule has 248 valence electrons. The van der Waals surface area contributed by atoms with E-state index in [1.54, 1.807) is 43.0 Å². The summed E-state index contributed by atoms with van der Waals surface area (Å²) in [5.74, 6) is -0.996. The van der Waals surface area contributed by atoms with E-state index in [2.05, 4.69) is 35.7 Å². The van der Waals surface area contributed by atoms with Gasteiger partial charge >= 0.3 is 11.9 Å². The van der Waals surface area contributed by atoms with Crippen molar-refractivity contribution in [3.63, 3.8) is 0 Å². The molecule has 0 bridgehead atoms. The molecule has 3 N–H and O–H groups in total. The van der Waals surface area contributed by atoms with Gasteiger partial charge in [0.25, 0.3) is 5.91 Å². The first kappa shape index (κ1) is 34.0. The molecular formula is C38H42N6O4. The van der Waals surface area contributed by atoms with Gasteiger partial charge in [0.15, 0.2) is 0 Å². The number of fused-ring (bicyclic) bond motifs is 1. The summed E-state index contributed by atoms with van der Waals surface area (Å²) in [6.07, 6.45) is 3.31. The van der Waals surface area contributed by atoms with E-state index in [0.29, 0.717) is 18.7 Å². The van der Waals surface area contributed by atoms with Crippen molar-refractivity contribution in [2.24, 2.45) is 11.1 Å². The first-order chi connectivity index (χ1) is 22.6. The van der Waals surface area contributed by atoms with E-state index in [-0.39, 0.29) is 29.7 Å². The molecule has 0 aliphatic carbocycles. The number of rotatable bonds is 5. The van der Waals surface area contributed by atoms with E-state index in [4.69, 9.17) is 5.73 Å². The summed E-state index contributed by atoms with van der Waals surface area (Å²) in [6, 6.07) is 25.1. The predicted octanol–water partition coefficient (Wildman–Crippen LogP) is 2.39. The lowest BCUT2D eigenvalue weighted by atomic mass is 9.82. The number of carboxylic acid groups (broad SMARTS) is 1. The first-order valence-corrected chi connectivity index (χ1v) is 15.9. The zero-order valence-electron chi connectivity index (χ0n) is 28.3. The number of benzene rings is 3. The summed E-state index contributed by atoms with van der Waals surface area (Å²) in [5.41, 5.74) is 10.0. The molecule has 0 atom stereocenters. The monoisotopic (exact) mass is 646 g/mol. The number of carbonyl (C=O) groups is 3. The second kappa shape index (κ2) is 13.0. The van der Waals surface area contributed by atoms with Crippen molar-refractivity contribution in [1.29, 1.82) is 0 Å². The molecule has 4 aromatic rings. The van der Waals surface area contributed by atoms with Crippen LogP contribution >= 0.6 is 0 Å². The molecule has 2 aliphatic rings. The Balaban J connectivity index is 0.000000582. The minimum atomic E-state index is -1.15. The second-order valence-electron chi connectivity index (χ2n) is 14.2. The maximum absolute atomic E-state index is 14.3. The van der Waals surface area contributed by atoms with Crippen LogP contribution < -0.4 is 15.8 Å². The van der Waals surface area contributed by atoms with E-state index >= 15 is 0 Å². The highest BCUT2D eigenvalue weighted by Crippen LogP contribution is 2.33. The largest absolute Gasteiger partial charge is 0.550 e. The number of carboxylic acids is 1. The number of carbonyl (C=O) groups excluding carboxylic acids is 3. The minimum absolute atomic E-state index is 0.0812. The van der Waals surface area contributed by atoms with Gasteiger partial charge in [0.2, 0.25) is 5.54 Å². The molecule has 1 aromatic heterocycles. The molecule has 0 fully saturated rings. The van der Waals surface area contributed by atoms with Crippen molar-refractivity contribution >= 4 is 23.7 Å². The van der Waals surface area contributed by atoms with Crippen LogP contribution in [0.1, 0.15) is 85.5 Å². The van der Waals surface area contributed by atoms with Crippen molar-refractivity contribution in [2.75, 3.05) is 0 Å². The molecule has 0 spiro atoms. The standard InChI is InChI=1S/C33H32N6O2.C5H10O2/c1-32(2,3)26-15-14-22(18-25(26)29(40)38-20-27-28(21-38)36-17-16-35-27)19-39-30(41)33(37-31(39)34,23-10-6-4-7-11-23)24-12-8-5-9-13-24;1-5(2,3)4(6)7/h4-18H,19-21H2,1-3H3,(H2,34,37);1-3H3,(H,6,7). The van der Waals surface area contributed by atoms with Crippen molar-refractivity contribution in [3.05, 3.63) is 130 Å². The van der Waals surface area contributed by atoms with E-state index in [0.717, 1.165) is 33.6 Å². The van der Waals surface area contributed by atoms with Crippen LogP contribution in [0.25, 0.3) is 0 Å². The Morgan fingerprint density at radius 3 is 1.81 bits per heavy atom. The van der Waals surface area contributed by atoms with Gasteiger partial charge in [0.1, 0.15) is 6.54 Å². The smallest absolute Gasteiger partial charge is 0.352 e. The van der Waals surface area contributed by atoms with Gasteiger partial charge in [-0.1, -0.05) is 114 Å². The third-order valence-corrected chi connectivity index (χ3v) is 8.49. The lowest BCUT2D eigenvalue weighted by Gasteiger charge is -2.26. The second-order valence-corrected chi connectivity index (χ2v) is 14.2. The summed E-state index contributed by atoms with van der Waals surface area (Å²) >= 11 is 0. The lowest BCUT2D eigenvalue weighted by molar-refractivity contribution is -0.525. The number of aliphatic carboxylic acids is 1. The number of nitrogens with two attached hydrogens (primary N) is 1. The summed E-state index contributed by atoms with van der Waals surface area (Å²) in [4.78, 5) is 53.6. The molecule has 2 aliphatic heterocycles. The zero-order chi connectivity index (χ0) is 34.9. The average molecular weight is 647 g/mol. The van der Waals surface area contributed by atoms with Crippen LogP contribution in [0.2, 0.25) is 0 Å². The molecule has 2 amide bonds. The summed E-state index contributed by atoms with van der Waals surface area (Å²) in [6.45, 7) is 12.1. The summed E-state index contributed by atoms with van der Waals surface area (Å²) in [5, 5.41) is 9.91. The van der Waals surface area contributed by atoms with E-state index < -0.39 is 16.9 Å². The quantitative estimate of drug-likeness (QED) is 0.339. The van der Waals surface area contributed by atoms with Crippen LogP contribution in [-0.4, -0.2) is 43.5 Å². The molecule has 0 saturated carbocycles. The van der Waals surface area contributed by atoms with Gasteiger partial charge in [-0.25, -0.2) is 0 Å². The normalized spacial score (nSPS) is 15.4. The number of hydrogen-bond acceptors (Lipinski definition) is 7. The van der Waals surface area contributed by atoms with Gasteiger partial charge in [0, 0.05) is 40.5 Å². The van der Waals surface area contributed by atoms with Gasteiger partial charge in [0.05, 0.1) is 24.5 Å². The predicted molar refractivity (Wildman–Crippen MR) is 180 cm³/mol. The Morgan fingerprint density at radius 1 is 0.854 bits per heavy atom. The third kappa shape index (κ3) is 6.69. The van der Waals surface area contributed by atoms with E-state index in [9.17, 15) is 19.5 Å². The molecule has 48 heavy (non-hydrogen) atoms. The number of hydrogen-bond donors (Lipinski definition) is 2. The Morgan fingerprint density at radius 2 is 1.35 bits per heavy atom. The molecule has 10 heteroatoms. The fourth-order valence-electron chi connectivity index (χ4n) is 5.81. The topological polar surface area (TPSA) is 147 Å². The fourth-order valence-corrected chi connectivity index (χ4v) is 5.81. The Bertz CT molecular complexity index is 1800. The lowest BCUT2D eigenvalue weighted by Crippen LogP contribution is -2.85. The van der Waals surface area contributed by atoms with Crippen LogP contribution in [0.4, 0.5) is 0 Å². The molecule has 0 saturated heterocycles. The van der Waals surface area contributed by atoms with E-state index in [1.807, 2.05) is 78.9 Å². The number of amides is 2. The van der Waals surface area contributed by atoms with Crippen LogP contribution in [0.5, 0.6) is 0 Å². The maximum atomic E-state index is 14.3. The number of aromatic nitrogens is 2. The molecule has 0 radical (unpaired) electrons. The van der Waals surface area contributed by atoms with Gasteiger partial charge < -0.3 is 14.8 Å². The highest BCUT2D eigenvalue weighted by molar-refractivity contribution is 6.04. The van der Waals surface area contributed by atoms with Gasteiger partial charge in [-0.05, 0) is 22.6 Å². The number of nitrogens with one attached hydrogen (secondary N) is 1.